The van der Waals surface area contributed by atoms with Gasteiger partial charge in [0, 0.05) is 6.61 Å². The van der Waals surface area contributed by atoms with Gasteiger partial charge >= 0.3 is 11.9 Å². The number of ether oxygens (including phenoxy) is 3. The molecule has 0 aliphatic carbocycles. The quantitative estimate of drug-likeness (QED) is 0.486. The standard InChI is InChI=1S/C10H18O5/c1-7(2)15-6-5-8(9(11)13-3)10(12)14-4/h7-8H,5-6H2,1-4H3. The highest BCUT2D eigenvalue weighted by atomic mass is 16.5. The third kappa shape index (κ3) is 5.37. The zero-order valence-corrected chi connectivity index (χ0v) is 9.61. The Morgan fingerprint density at radius 3 is 1.87 bits per heavy atom. The Morgan fingerprint density at radius 2 is 1.53 bits per heavy atom. The van der Waals surface area contributed by atoms with Gasteiger partial charge in [0.1, 0.15) is 0 Å². The van der Waals surface area contributed by atoms with Crippen molar-refractivity contribution < 1.29 is 23.8 Å². The monoisotopic (exact) mass is 218 g/mol. The van der Waals surface area contributed by atoms with Crippen LogP contribution in [0.5, 0.6) is 0 Å². The third-order valence-electron chi connectivity index (χ3n) is 1.83. The highest BCUT2D eigenvalue weighted by molar-refractivity contribution is 5.94. The van der Waals surface area contributed by atoms with Gasteiger partial charge in [0.15, 0.2) is 5.92 Å². The van der Waals surface area contributed by atoms with Crippen LogP contribution in [0.2, 0.25) is 0 Å². The fourth-order valence-corrected chi connectivity index (χ4v) is 1.04. The lowest BCUT2D eigenvalue weighted by atomic mass is 10.1. The van der Waals surface area contributed by atoms with Crippen LogP contribution in [0, 0.1) is 5.92 Å². The maximum atomic E-state index is 11.2. The predicted molar refractivity (Wildman–Crippen MR) is 53.2 cm³/mol. The molecule has 0 unspecified atom stereocenters. The van der Waals surface area contributed by atoms with E-state index in [0.29, 0.717) is 6.61 Å². The van der Waals surface area contributed by atoms with Gasteiger partial charge in [-0.05, 0) is 20.3 Å². The predicted octanol–water partition coefficient (Wildman–Crippen LogP) is 0.764. The number of carbonyl (C=O) groups is 2. The van der Waals surface area contributed by atoms with Gasteiger partial charge in [-0.3, -0.25) is 9.59 Å². The summed E-state index contributed by atoms with van der Waals surface area (Å²) in [6.45, 7) is 4.09. The summed E-state index contributed by atoms with van der Waals surface area (Å²) >= 11 is 0. The fraction of sp³-hybridized carbons (Fsp3) is 0.800. The largest absolute Gasteiger partial charge is 0.468 e. The van der Waals surface area contributed by atoms with E-state index in [9.17, 15) is 9.59 Å². The van der Waals surface area contributed by atoms with Crippen LogP contribution in [-0.2, 0) is 23.8 Å². The first-order valence-corrected chi connectivity index (χ1v) is 4.80. The molecule has 0 heterocycles. The Bertz CT molecular complexity index is 196. The van der Waals surface area contributed by atoms with Crippen molar-refractivity contribution in [3.8, 4) is 0 Å². The van der Waals surface area contributed by atoms with E-state index in [1.165, 1.54) is 14.2 Å². The van der Waals surface area contributed by atoms with Crippen molar-refractivity contribution in [1.82, 2.24) is 0 Å². The third-order valence-corrected chi connectivity index (χ3v) is 1.83. The first-order valence-electron chi connectivity index (χ1n) is 4.80. The first-order chi connectivity index (χ1) is 7.02. The van der Waals surface area contributed by atoms with E-state index in [4.69, 9.17) is 4.74 Å². The minimum Gasteiger partial charge on any atom is -0.468 e. The summed E-state index contributed by atoms with van der Waals surface area (Å²) in [6, 6.07) is 0. The summed E-state index contributed by atoms with van der Waals surface area (Å²) in [6.07, 6.45) is 0.346. The topological polar surface area (TPSA) is 61.8 Å². The van der Waals surface area contributed by atoms with Crippen molar-refractivity contribution >= 4 is 11.9 Å². The molecule has 0 fully saturated rings. The molecule has 0 N–H and O–H groups in total. The van der Waals surface area contributed by atoms with Crippen molar-refractivity contribution in [2.45, 2.75) is 26.4 Å². The molecule has 5 heteroatoms. The Labute approximate surface area is 89.7 Å². The van der Waals surface area contributed by atoms with Crippen LogP contribution in [-0.4, -0.2) is 38.9 Å². The van der Waals surface area contributed by atoms with Gasteiger partial charge in [-0.1, -0.05) is 0 Å². The van der Waals surface area contributed by atoms with Crippen LogP contribution in [0.1, 0.15) is 20.3 Å². The second-order valence-corrected chi connectivity index (χ2v) is 3.31. The lowest BCUT2D eigenvalue weighted by molar-refractivity contribution is -0.159. The number of rotatable bonds is 6. The van der Waals surface area contributed by atoms with Gasteiger partial charge in [-0.25, -0.2) is 0 Å². The summed E-state index contributed by atoms with van der Waals surface area (Å²) in [5.41, 5.74) is 0. The Balaban J connectivity index is 4.14. The SMILES string of the molecule is COC(=O)C(CCOC(C)C)C(=O)OC. The van der Waals surface area contributed by atoms with Gasteiger partial charge in [0.2, 0.25) is 0 Å². The molecule has 5 nitrogen and oxygen atoms in total. The van der Waals surface area contributed by atoms with E-state index in [-0.39, 0.29) is 12.5 Å². The molecule has 0 radical (unpaired) electrons. The molecule has 0 aliphatic heterocycles. The Morgan fingerprint density at radius 1 is 1.07 bits per heavy atom. The van der Waals surface area contributed by atoms with Crippen LogP contribution in [0.15, 0.2) is 0 Å². The number of hydrogen-bond donors (Lipinski definition) is 0. The van der Waals surface area contributed by atoms with E-state index in [1.54, 1.807) is 0 Å². The van der Waals surface area contributed by atoms with Crippen LogP contribution in [0.4, 0.5) is 0 Å². The van der Waals surface area contributed by atoms with Crippen molar-refractivity contribution in [2.75, 3.05) is 20.8 Å². The fourth-order valence-electron chi connectivity index (χ4n) is 1.04. The van der Waals surface area contributed by atoms with Crippen LogP contribution >= 0.6 is 0 Å². The number of carbonyl (C=O) groups excluding carboxylic acids is 2. The van der Waals surface area contributed by atoms with E-state index < -0.39 is 17.9 Å². The van der Waals surface area contributed by atoms with Crippen molar-refractivity contribution in [2.24, 2.45) is 5.92 Å². The van der Waals surface area contributed by atoms with Crippen molar-refractivity contribution in [3.63, 3.8) is 0 Å². The number of methoxy groups -OCH3 is 2. The van der Waals surface area contributed by atoms with Gasteiger partial charge in [0.25, 0.3) is 0 Å². The molecule has 0 spiro atoms. The normalized spacial score (nSPS) is 10.5. The zero-order chi connectivity index (χ0) is 11.8. The molecule has 88 valence electrons. The summed E-state index contributed by atoms with van der Waals surface area (Å²) in [7, 11) is 2.48. The van der Waals surface area contributed by atoms with Crippen LogP contribution in [0.3, 0.4) is 0 Å². The Kier molecular flexibility index (Phi) is 6.70. The molecule has 0 rings (SSSR count). The minimum atomic E-state index is -0.890. The van der Waals surface area contributed by atoms with Crippen LogP contribution < -0.4 is 0 Å². The van der Waals surface area contributed by atoms with E-state index in [1.807, 2.05) is 13.8 Å². The van der Waals surface area contributed by atoms with E-state index in [0.717, 1.165) is 0 Å². The number of hydrogen-bond acceptors (Lipinski definition) is 5. The lowest BCUT2D eigenvalue weighted by Gasteiger charge is -2.13. The van der Waals surface area contributed by atoms with Gasteiger partial charge in [-0.2, -0.15) is 0 Å². The van der Waals surface area contributed by atoms with Gasteiger partial charge in [0.05, 0.1) is 20.3 Å². The average Bonchev–Trinajstić information content (AvgIpc) is 2.22. The molecule has 0 bridgehead atoms. The smallest absolute Gasteiger partial charge is 0.320 e. The highest BCUT2D eigenvalue weighted by Crippen LogP contribution is 2.08. The maximum absolute atomic E-state index is 11.2. The van der Waals surface area contributed by atoms with Crippen molar-refractivity contribution in [3.05, 3.63) is 0 Å². The first kappa shape index (κ1) is 13.9. The second kappa shape index (κ2) is 7.23. The molecule has 0 aliphatic rings. The molecule has 0 aromatic heterocycles. The molecule has 0 amide bonds. The zero-order valence-electron chi connectivity index (χ0n) is 9.61. The summed E-state index contributed by atoms with van der Waals surface area (Å²) in [5.74, 6) is -2.07. The second-order valence-electron chi connectivity index (χ2n) is 3.31. The molecular formula is C10H18O5. The van der Waals surface area contributed by atoms with Gasteiger partial charge < -0.3 is 14.2 Å². The van der Waals surface area contributed by atoms with Crippen molar-refractivity contribution in [1.29, 1.82) is 0 Å². The summed E-state index contributed by atoms with van der Waals surface area (Å²) in [4.78, 5) is 22.4. The maximum Gasteiger partial charge on any atom is 0.320 e. The molecule has 0 saturated heterocycles. The molecule has 0 aromatic carbocycles. The van der Waals surface area contributed by atoms with Crippen LogP contribution in [0.25, 0.3) is 0 Å². The molecule has 0 atom stereocenters. The lowest BCUT2D eigenvalue weighted by Crippen LogP contribution is -2.28. The highest BCUT2D eigenvalue weighted by Gasteiger charge is 2.28. The number of esters is 2. The summed E-state index contributed by atoms with van der Waals surface area (Å²) in [5, 5.41) is 0. The van der Waals surface area contributed by atoms with Gasteiger partial charge in [-0.15, -0.1) is 0 Å². The molecule has 15 heavy (non-hydrogen) atoms. The van der Waals surface area contributed by atoms with E-state index >= 15 is 0 Å². The minimum absolute atomic E-state index is 0.0703. The molecular weight excluding hydrogens is 200 g/mol. The Hall–Kier alpha value is -1.10. The molecule has 0 saturated carbocycles. The summed E-state index contributed by atoms with van der Waals surface area (Å²) < 4.78 is 14.2. The van der Waals surface area contributed by atoms with E-state index in [2.05, 4.69) is 9.47 Å². The average molecular weight is 218 g/mol. The molecule has 0 aromatic rings.